The zero-order valence-electron chi connectivity index (χ0n) is 4.27. The fourth-order valence-corrected chi connectivity index (χ4v) is 0.949. The van der Waals surface area contributed by atoms with Gasteiger partial charge < -0.3 is 0 Å². The normalized spacial score (nSPS) is 10.0. The Morgan fingerprint density at radius 2 is 2.00 bits per heavy atom. The monoisotopic (exact) mass is 152 g/mol. The van der Waals surface area contributed by atoms with Gasteiger partial charge in [-0.1, -0.05) is 0 Å². The first kappa shape index (κ1) is 6.48. The van der Waals surface area contributed by atoms with Gasteiger partial charge in [0.15, 0.2) is 0 Å². The molecule has 0 aromatic heterocycles. The van der Waals surface area contributed by atoms with Crippen molar-refractivity contribution in [1.82, 2.24) is 4.90 Å². The van der Waals surface area contributed by atoms with Crippen LogP contribution in [0.3, 0.4) is 0 Å². The van der Waals surface area contributed by atoms with Crippen molar-refractivity contribution in [3.8, 4) is 0 Å². The molecule has 0 aliphatic rings. The van der Waals surface area contributed by atoms with E-state index in [2.05, 4.69) is 35.0 Å². The molecule has 0 amide bonds. The molecule has 1 nitrogen and oxygen atoms in total. The van der Waals surface area contributed by atoms with Crippen LogP contribution in [0.2, 0.25) is 5.32 Å². The molecule has 0 rings (SSSR count). The number of rotatable bonds is 2. The van der Waals surface area contributed by atoms with Crippen LogP contribution in [0, 0.1) is 0 Å². The van der Waals surface area contributed by atoms with Gasteiger partial charge in [-0.05, 0) is 0 Å². The van der Waals surface area contributed by atoms with Gasteiger partial charge in [0.25, 0.3) is 0 Å². The van der Waals surface area contributed by atoms with Crippen molar-refractivity contribution < 1.29 is 0 Å². The Morgan fingerprint density at radius 1 is 1.50 bits per heavy atom. The van der Waals surface area contributed by atoms with E-state index in [0.29, 0.717) is 0 Å². The minimum atomic E-state index is 1.13. The van der Waals surface area contributed by atoms with E-state index in [-0.39, 0.29) is 0 Å². The van der Waals surface area contributed by atoms with E-state index in [1.54, 1.807) is 0 Å². The third-order valence-electron chi connectivity index (χ3n) is 0.539. The predicted molar refractivity (Wildman–Crippen MR) is 29.1 cm³/mol. The molecular weight excluding hydrogens is 141 g/mol. The quantitative estimate of drug-likeness (QED) is 0.507. The van der Waals surface area contributed by atoms with Gasteiger partial charge in [0.05, 0.1) is 0 Å². The molecule has 0 aromatic carbocycles. The second-order valence-electron chi connectivity index (χ2n) is 1.51. The van der Waals surface area contributed by atoms with Crippen LogP contribution in [0.1, 0.15) is 0 Å². The third-order valence-corrected chi connectivity index (χ3v) is 0.922. The van der Waals surface area contributed by atoms with Gasteiger partial charge in [0, 0.05) is 0 Å². The number of nitrogens with zero attached hydrogens (tertiary/aromatic N) is 1. The predicted octanol–water partition coefficient (Wildman–Crippen LogP) is 0.135. The van der Waals surface area contributed by atoms with Crippen LogP contribution >= 0.6 is 0 Å². The average Bonchev–Trinajstić information content (AvgIpc) is 1.35. The summed E-state index contributed by atoms with van der Waals surface area (Å²) >= 11 is 2.93. The van der Waals surface area contributed by atoms with Crippen LogP contribution in [0.15, 0.2) is 0 Å². The molecule has 0 bridgehead atoms. The second kappa shape index (κ2) is 3.66. The molecule has 0 saturated heterocycles. The van der Waals surface area contributed by atoms with E-state index in [1.165, 1.54) is 0 Å². The summed E-state index contributed by atoms with van der Waals surface area (Å²) in [7, 11) is 4.13. The average molecular weight is 151 g/mol. The summed E-state index contributed by atoms with van der Waals surface area (Å²) in [6.45, 7) is 1.15. The van der Waals surface area contributed by atoms with Gasteiger partial charge in [-0.2, -0.15) is 0 Å². The Bertz CT molecular complexity index is 28.7. The SMILES string of the molecule is CN(C)CC[Se-]. The molecule has 0 aliphatic carbocycles. The molecule has 0 heterocycles. The van der Waals surface area contributed by atoms with Crippen LogP contribution in [0.5, 0.6) is 0 Å². The maximum absolute atomic E-state index is 2.93. The molecule has 38 valence electrons. The first-order valence-electron chi connectivity index (χ1n) is 2.00. The molecule has 2 heteroatoms. The van der Waals surface area contributed by atoms with Gasteiger partial charge in [0.2, 0.25) is 0 Å². The van der Waals surface area contributed by atoms with Crippen LogP contribution < -0.4 is 0 Å². The zero-order chi connectivity index (χ0) is 4.99. The molecule has 0 aliphatic heterocycles. The second-order valence-corrected chi connectivity index (χ2v) is 2.36. The molecule has 0 radical (unpaired) electrons. The van der Waals surface area contributed by atoms with E-state index in [9.17, 15) is 0 Å². The van der Waals surface area contributed by atoms with E-state index < -0.39 is 0 Å². The Balaban J connectivity index is 2.63. The standard InChI is InChI=1S/C4H11NSe/c1-5(2)3-4-6/h6H,3-4H2,1-2H3/p-1. The van der Waals surface area contributed by atoms with Crippen molar-refractivity contribution in [2.24, 2.45) is 0 Å². The van der Waals surface area contributed by atoms with Crippen molar-refractivity contribution >= 4 is 16.0 Å². The van der Waals surface area contributed by atoms with E-state index in [0.717, 1.165) is 11.9 Å². The molecule has 0 saturated carbocycles. The van der Waals surface area contributed by atoms with Gasteiger partial charge in [-0.15, -0.1) is 0 Å². The fraction of sp³-hybridized carbons (Fsp3) is 1.00. The molecule has 0 N–H and O–H groups in total. The van der Waals surface area contributed by atoms with Crippen LogP contribution in [-0.4, -0.2) is 41.6 Å². The molecule has 0 unspecified atom stereocenters. The van der Waals surface area contributed by atoms with Crippen LogP contribution in [-0.2, 0) is 0 Å². The van der Waals surface area contributed by atoms with Gasteiger partial charge >= 0.3 is 46.9 Å². The number of hydrogen-bond donors (Lipinski definition) is 0. The summed E-state index contributed by atoms with van der Waals surface area (Å²) < 4.78 is 0. The summed E-state index contributed by atoms with van der Waals surface area (Å²) in [5, 5.41) is 1.13. The zero-order valence-corrected chi connectivity index (χ0v) is 5.98. The summed E-state index contributed by atoms with van der Waals surface area (Å²) in [6, 6.07) is 0. The van der Waals surface area contributed by atoms with Crippen molar-refractivity contribution in [1.29, 1.82) is 0 Å². The maximum atomic E-state index is 2.93. The Morgan fingerprint density at radius 3 is 2.00 bits per heavy atom. The van der Waals surface area contributed by atoms with Crippen molar-refractivity contribution in [2.45, 2.75) is 5.32 Å². The molecular formula is C4H10NSe-. The van der Waals surface area contributed by atoms with Gasteiger partial charge in [-0.25, -0.2) is 0 Å². The van der Waals surface area contributed by atoms with Gasteiger partial charge in [0.1, 0.15) is 0 Å². The van der Waals surface area contributed by atoms with Crippen molar-refractivity contribution in [3.05, 3.63) is 0 Å². The van der Waals surface area contributed by atoms with Crippen LogP contribution in [0.25, 0.3) is 0 Å². The van der Waals surface area contributed by atoms with Crippen molar-refractivity contribution in [3.63, 3.8) is 0 Å². The third kappa shape index (κ3) is 4.48. The summed E-state index contributed by atoms with van der Waals surface area (Å²) in [4.78, 5) is 2.15. The minimum absolute atomic E-state index is 1.13. The summed E-state index contributed by atoms with van der Waals surface area (Å²) in [6.07, 6.45) is 0. The van der Waals surface area contributed by atoms with Crippen molar-refractivity contribution in [2.75, 3.05) is 20.6 Å². The number of hydrogen-bond acceptors (Lipinski definition) is 1. The Labute approximate surface area is 47.5 Å². The first-order chi connectivity index (χ1) is 2.77. The Hall–Kier alpha value is 0.479. The molecule has 0 atom stereocenters. The molecule has 0 spiro atoms. The van der Waals surface area contributed by atoms with E-state index in [1.807, 2.05) is 0 Å². The van der Waals surface area contributed by atoms with E-state index in [4.69, 9.17) is 0 Å². The molecule has 0 fully saturated rings. The van der Waals surface area contributed by atoms with Crippen LogP contribution in [0.4, 0.5) is 0 Å². The fourth-order valence-electron chi connectivity index (χ4n) is 0.183. The first-order valence-corrected chi connectivity index (χ1v) is 3.21. The summed E-state index contributed by atoms with van der Waals surface area (Å²) in [5.41, 5.74) is 0. The summed E-state index contributed by atoms with van der Waals surface area (Å²) in [5.74, 6) is 0. The molecule has 6 heavy (non-hydrogen) atoms. The molecule has 0 aromatic rings. The van der Waals surface area contributed by atoms with E-state index >= 15 is 0 Å². The van der Waals surface area contributed by atoms with Gasteiger partial charge in [-0.3, -0.25) is 0 Å². The topological polar surface area (TPSA) is 3.24 Å². The Kier molecular flexibility index (Phi) is 3.95.